The summed E-state index contributed by atoms with van der Waals surface area (Å²) < 4.78 is 5.51. The minimum atomic E-state index is -0.997. The van der Waals surface area contributed by atoms with Crippen molar-refractivity contribution >= 4 is 5.97 Å². The second kappa shape index (κ2) is 7.33. The van der Waals surface area contributed by atoms with Gasteiger partial charge in [0.2, 0.25) is 0 Å². The monoisotopic (exact) mass is 280 g/mol. The van der Waals surface area contributed by atoms with Gasteiger partial charge in [-0.25, -0.2) is 9.78 Å². The van der Waals surface area contributed by atoms with E-state index in [-0.39, 0.29) is 18.4 Å². The smallest absolute Gasteiger partial charge is 0.354 e. The molecule has 1 aliphatic rings. The van der Waals surface area contributed by atoms with Gasteiger partial charge in [-0.2, -0.15) is 0 Å². The molecule has 20 heavy (non-hydrogen) atoms. The summed E-state index contributed by atoms with van der Waals surface area (Å²) in [6.45, 7) is 2.91. The first-order chi connectivity index (χ1) is 9.69. The normalized spacial score (nSPS) is 17.2. The summed E-state index contributed by atoms with van der Waals surface area (Å²) in [4.78, 5) is 17.2. The van der Waals surface area contributed by atoms with Crippen LogP contribution in [0.2, 0.25) is 0 Å². The van der Waals surface area contributed by atoms with E-state index in [1.54, 1.807) is 6.07 Å². The molecule has 1 aromatic rings. The van der Waals surface area contributed by atoms with Crippen LogP contribution in [0.25, 0.3) is 0 Å². The van der Waals surface area contributed by atoms with Crippen molar-refractivity contribution in [3.63, 3.8) is 0 Å². The number of pyridine rings is 1. The molecule has 0 spiro atoms. The Bertz CT molecular complexity index is 445. The van der Waals surface area contributed by atoms with Gasteiger partial charge in [0.05, 0.1) is 25.0 Å². The molecule has 6 nitrogen and oxygen atoms in total. The van der Waals surface area contributed by atoms with Crippen molar-refractivity contribution in [2.24, 2.45) is 0 Å². The first-order valence-corrected chi connectivity index (χ1v) is 6.83. The number of aromatic nitrogens is 1. The van der Waals surface area contributed by atoms with Crippen molar-refractivity contribution in [3.05, 3.63) is 29.6 Å². The highest BCUT2D eigenvalue weighted by atomic mass is 16.5. The second-order valence-corrected chi connectivity index (χ2v) is 4.89. The Kier molecular flexibility index (Phi) is 5.46. The van der Waals surface area contributed by atoms with Crippen molar-refractivity contribution in [1.82, 2.24) is 9.88 Å². The number of carboxylic acids is 1. The number of ether oxygens (including phenoxy) is 1. The molecular weight excluding hydrogens is 260 g/mol. The van der Waals surface area contributed by atoms with E-state index in [1.807, 2.05) is 6.07 Å². The van der Waals surface area contributed by atoms with E-state index in [0.717, 1.165) is 31.6 Å². The number of carboxylic acid groups (broad SMARTS) is 1. The van der Waals surface area contributed by atoms with Gasteiger partial charge in [0.1, 0.15) is 5.69 Å². The summed E-state index contributed by atoms with van der Waals surface area (Å²) in [6.07, 6.45) is 2.08. The van der Waals surface area contributed by atoms with Crippen molar-refractivity contribution in [3.8, 4) is 0 Å². The van der Waals surface area contributed by atoms with Gasteiger partial charge in [-0.3, -0.25) is 4.90 Å². The Labute approximate surface area is 118 Å². The van der Waals surface area contributed by atoms with Crippen LogP contribution in [-0.4, -0.2) is 58.5 Å². The van der Waals surface area contributed by atoms with Crippen LogP contribution in [0.15, 0.2) is 18.2 Å². The Balaban J connectivity index is 1.83. The van der Waals surface area contributed by atoms with Gasteiger partial charge >= 0.3 is 5.97 Å². The van der Waals surface area contributed by atoms with E-state index in [4.69, 9.17) is 14.9 Å². The number of aliphatic hydroxyl groups is 1. The molecule has 1 aliphatic heterocycles. The highest BCUT2D eigenvalue weighted by molar-refractivity contribution is 5.85. The van der Waals surface area contributed by atoms with E-state index in [2.05, 4.69) is 9.88 Å². The summed E-state index contributed by atoms with van der Waals surface area (Å²) in [5.74, 6) is -0.997. The first-order valence-electron chi connectivity index (χ1n) is 6.83. The van der Waals surface area contributed by atoms with Crippen LogP contribution in [-0.2, 0) is 11.3 Å². The third-order valence-electron chi connectivity index (χ3n) is 3.39. The molecule has 0 aromatic carbocycles. The summed E-state index contributed by atoms with van der Waals surface area (Å²) in [5, 5.41) is 17.6. The SMILES string of the molecule is O=C(O)c1cccc(CN2CCC(OCCO)CC2)n1. The number of nitrogens with zero attached hydrogens (tertiary/aromatic N) is 2. The summed E-state index contributed by atoms with van der Waals surface area (Å²) in [6, 6.07) is 5.07. The number of hydrogen-bond donors (Lipinski definition) is 2. The van der Waals surface area contributed by atoms with Crippen molar-refractivity contribution in [1.29, 1.82) is 0 Å². The summed E-state index contributed by atoms with van der Waals surface area (Å²) in [5.41, 5.74) is 0.864. The maximum Gasteiger partial charge on any atom is 0.354 e. The Hall–Kier alpha value is -1.50. The second-order valence-electron chi connectivity index (χ2n) is 4.89. The average molecular weight is 280 g/mol. The predicted molar refractivity (Wildman–Crippen MR) is 72.5 cm³/mol. The molecule has 0 atom stereocenters. The quantitative estimate of drug-likeness (QED) is 0.800. The molecule has 2 heterocycles. The maximum absolute atomic E-state index is 10.9. The standard InChI is InChI=1S/C14H20N2O4/c17-8-9-20-12-4-6-16(7-5-12)10-11-2-1-3-13(15-11)14(18)19/h1-3,12,17H,4-10H2,(H,18,19). The van der Waals surface area contributed by atoms with Crippen molar-refractivity contribution < 1.29 is 19.7 Å². The number of carbonyl (C=O) groups is 1. The number of aliphatic hydroxyl groups excluding tert-OH is 1. The minimum Gasteiger partial charge on any atom is -0.477 e. The average Bonchev–Trinajstić information content (AvgIpc) is 2.47. The fourth-order valence-electron chi connectivity index (χ4n) is 2.37. The molecule has 0 aliphatic carbocycles. The fraction of sp³-hybridized carbons (Fsp3) is 0.571. The fourth-order valence-corrected chi connectivity index (χ4v) is 2.37. The lowest BCUT2D eigenvalue weighted by atomic mass is 10.1. The van der Waals surface area contributed by atoms with E-state index >= 15 is 0 Å². The molecule has 0 unspecified atom stereocenters. The number of hydrogen-bond acceptors (Lipinski definition) is 5. The zero-order valence-electron chi connectivity index (χ0n) is 11.4. The van der Waals surface area contributed by atoms with E-state index in [0.29, 0.717) is 13.2 Å². The van der Waals surface area contributed by atoms with Gasteiger partial charge in [-0.1, -0.05) is 6.07 Å². The largest absolute Gasteiger partial charge is 0.477 e. The lowest BCUT2D eigenvalue weighted by molar-refractivity contribution is -0.00919. The lowest BCUT2D eigenvalue weighted by Crippen LogP contribution is -2.37. The van der Waals surface area contributed by atoms with E-state index in [1.165, 1.54) is 6.07 Å². The third-order valence-corrected chi connectivity index (χ3v) is 3.39. The zero-order valence-corrected chi connectivity index (χ0v) is 11.4. The highest BCUT2D eigenvalue weighted by Crippen LogP contribution is 2.15. The highest BCUT2D eigenvalue weighted by Gasteiger charge is 2.20. The summed E-state index contributed by atoms with van der Waals surface area (Å²) >= 11 is 0. The molecule has 2 rings (SSSR count). The molecule has 2 N–H and O–H groups in total. The molecule has 0 radical (unpaired) electrons. The van der Waals surface area contributed by atoms with Crippen LogP contribution in [0.4, 0.5) is 0 Å². The summed E-state index contributed by atoms with van der Waals surface area (Å²) in [7, 11) is 0. The number of piperidine rings is 1. The van der Waals surface area contributed by atoms with Crippen LogP contribution >= 0.6 is 0 Å². The van der Waals surface area contributed by atoms with Gasteiger partial charge in [-0.05, 0) is 25.0 Å². The van der Waals surface area contributed by atoms with Crippen LogP contribution in [0.1, 0.15) is 29.0 Å². The molecule has 6 heteroatoms. The van der Waals surface area contributed by atoms with Crippen LogP contribution < -0.4 is 0 Å². The van der Waals surface area contributed by atoms with Crippen molar-refractivity contribution in [2.75, 3.05) is 26.3 Å². The Morgan fingerprint density at radius 3 is 2.80 bits per heavy atom. The van der Waals surface area contributed by atoms with Gasteiger partial charge in [-0.15, -0.1) is 0 Å². The van der Waals surface area contributed by atoms with Crippen molar-refractivity contribution in [2.45, 2.75) is 25.5 Å². The zero-order chi connectivity index (χ0) is 14.4. The molecule has 0 bridgehead atoms. The van der Waals surface area contributed by atoms with Gasteiger partial charge in [0.25, 0.3) is 0 Å². The topological polar surface area (TPSA) is 82.9 Å². The molecular formula is C14H20N2O4. The van der Waals surface area contributed by atoms with Gasteiger partial charge in [0, 0.05) is 19.6 Å². The molecule has 1 fully saturated rings. The third kappa shape index (κ3) is 4.26. The maximum atomic E-state index is 10.9. The molecule has 1 saturated heterocycles. The van der Waals surface area contributed by atoms with Gasteiger partial charge in [0.15, 0.2) is 0 Å². The Morgan fingerprint density at radius 1 is 1.40 bits per heavy atom. The van der Waals surface area contributed by atoms with Crippen LogP contribution in [0.5, 0.6) is 0 Å². The molecule has 0 amide bonds. The number of aromatic carboxylic acids is 1. The van der Waals surface area contributed by atoms with Crippen LogP contribution in [0.3, 0.4) is 0 Å². The van der Waals surface area contributed by atoms with E-state index < -0.39 is 5.97 Å². The molecule has 0 saturated carbocycles. The predicted octanol–water partition coefficient (Wildman–Crippen LogP) is 0.753. The van der Waals surface area contributed by atoms with Gasteiger partial charge < -0.3 is 14.9 Å². The van der Waals surface area contributed by atoms with Crippen LogP contribution in [0, 0.1) is 0 Å². The number of rotatable bonds is 6. The van der Waals surface area contributed by atoms with E-state index in [9.17, 15) is 4.79 Å². The Morgan fingerprint density at radius 2 is 2.15 bits per heavy atom. The number of likely N-dealkylation sites (tertiary alicyclic amines) is 1. The lowest BCUT2D eigenvalue weighted by Gasteiger charge is -2.31. The first kappa shape index (κ1) is 14.9. The molecule has 1 aromatic heterocycles. The molecule has 110 valence electrons. The minimum absolute atomic E-state index is 0.0616.